The fourth-order valence-corrected chi connectivity index (χ4v) is 2.52. The molecule has 0 fully saturated rings. The zero-order valence-corrected chi connectivity index (χ0v) is 12.9. The van der Waals surface area contributed by atoms with Gasteiger partial charge in [-0.1, -0.05) is 17.7 Å². The van der Waals surface area contributed by atoms with E-state index >= 15 is 0 Å². The lowest BCUT2D eigenvalue weighted by Gasteiger charge is -2.28. The third-order valence-corrected chi connectivity index (χ3v) is 3.42. The molecule has 0 atom stereocenters. The maximum absolute atomic E-state index is 12.1. The van der Waals surface area contributed by atoms with Gasteiger partial charge in [-0.25, -0.2) is 0 Å². The van der Waals surface area contributed by atoms with E-state index in [1.165, 1.54) is 17.3 Å². The molecule has 0 aromatic heterocycles. The average Bonchev–Trinajstić information content (AvgIpc) is 2.13. The van der Waals surface area contributed by atoms with Gasteiger partial charge in [0.25, 0.3) is 0 Å². The van der Waals surface area contributed by atoms with Crippen LogP contribution in [0, 0.1) is 6.92 Å². The van der Waals surface area contributed by atoms with E-state index in [9.17, 15) is 4.79 Å². The topological polar surface area (TPSA) is 26.3 Å². The van der Waals surface area contributed by atoms with Crippen LogP contribution in [0.1, 0.15) is 40.2 Å². The molecule has 0 radical (unpaired) electrons. The van der Waals surface area contributed by atoms with E-state index in [-0.39, 0.29) is 5.97 Å². The highest BCUT2D eigenvalue weighted by Crippen LogP contribution is 2.34. The summed E-state index contributed by atoms with van der Waals surface area (Å²) < 4.78 is 4.86. The molecule has 2 nitrogen and oxygen atoms in total. The number of ether oxygens (including phenoxy) is 1. The molecule has 0 spiro atoms. The highest BCUT2D eigenvalue weighted by Gasteiger charge is 2.33. The van der Waals surface area contributed by atoms with Gasteiger partial charge in [0, 0.05) is 4.90 Å². The maximum atomic E-state index is 12.1. The molecule has 0 aliphatic heterocycles. The number of thioether (sulfide) groups is 1. The van der Waals surface area contributed by atoms with E-state index in [1.54, 1.807) is 0 Å². The predicted octanol–water partition coefficient (Wildman–Crippen LogP) is 4.21. The number of hydrogen-bond acceptors (Lipinski definition) is 3. The first kappa shape index (κ1) is 15.1. The van der Waals surface area contributed by atoms with Crippen molar-refractivity contribution in [2.75, 3.05) is 0 Å². The minimum atomic E-state index is -0.582. The van der Waals surface area contributed by atoms with Crippen LogP contribution in [-0.4, -0.2) is 16.3 Å². The molecule has 0 aliphatic carbocycles. The molecule has 0 unspecified atom stereocenters. The third kappa shape index (κ3) is 4.73. The van der Waals surface area contributed by atoms with Crippen molar-refractivity contribution in [1.29, 1.82) is 0 Å². The van der Waals surface area contributed by atoms with E-state index < -0.39 is 10.3 Å². The SMILES string of the molecule is Cc1cccc(SC(C)(C)C(=O)OC(C)(C)C)c1. The summed E-state index contributed by atoms with van der Waals surface area (Å²) in [6.07, 6.45) is 0. The normalized spacial score (nSPS) is 12.3. The molecule has 18 heavy (non-hydrogen) atoms. The van der Waals surface area contributed by atoms with Crippen molar-refractivity contribution in [2.45, 2.75) is 56.8 Å². The smallest absolute Gasteiger partial charge is 0.322 e. The quantitative estimate of drug-likeness (QED) is 0.605. The van der Waals surface area contributed by atoms with Gasteiger partial charge in [0.05, 0.1) is 0 Å². The molecule has 0 saturated heterocycles. The Kier molecular flexibility index (Phi) is 4.49. The van der Waals surface area contributed by atoms with E-state index in [4.69, 9.17) is 4.74 Å². The summed E-state index contributed by atoms with van der Waals surface area (Å²) in [7, 11) is 0. The van der Waals surface area contributed by atoms with Gasteiger partial charge in [0.2, 0.25) is 0 Å². The first-order valence-corrected chi connectivity index (χ1v) is 6.91. The molecule has 0 N–H and O–H groups in total. The lowest BCUT2D eigenvalue weighted by molar-refractivity contribution is -0.156. The van der Waals surface area contributed by atoms with Crippen molar-refractivity contribution >= 4 is 17.7 Å². The van der Waals surface area contributed by atoms with Crippen LogP contribution < -0.4 is 0 Å². The molecule has 1 rings (SSSR count). The average molecular weight is 266 g/mol. The zero-order valence-electron chi connectivity index (χ0n) is 12.0. The summed E-state index contributed by atoms with van der Waals surface area (Å²) in [5.74, 6) is -0.179. The van der Waals surface area contributed by atoms with Gasteiger partial charge in [-0.2, -0.15) is 0 Å². The van der Waals surface area contributed by atoms with Crippen LogP contribution in [0.25, 0.3) is 0 Å². The van der Waals surface area contributed by atoms with Gasteiger partial charge in [-0.3, -0.25) is 4.79 Å². The summed E-state index contributed by atoms with van der Waals surface area (Å²) in [6.45, 7) is 11.5. The lowest BCUT2D eigenvalue weighted by atomic mass is 10.1. The molecule has 0 aliphatic rings. The number of rotatable bonds is 3. The number of carbonyl (C=O) groups is 1. The highest BCUT2D eigenvalue weighted by molar-refractivity contribution is 8.01. The van der Waals surface area contributed by atoms with Crippen LogP contribution in [0.15, 0.2) is 29.2 Å². The Morgan fingerprint density at radius 2 is 1.78 bits per heavy atom. The second-order valence-corrected chi connectivity index (χ2v) is 7.63. The molecular weight excluding hydrogens is 244 g/mol. The zero-order chi connectivity index (χ0) is 14.0. The summed E-state index contributed by atoms with van der Waals surface area (Å²) in [4.78, 5) is 13.2. The molecule has 1 aromatic carbocycles. The highest BCUT2D eigenvalue weighted by atomic mass is 32.2. The number of benzene rings is 1. The van der Waals surface area contributed by atoms with Crippen LogP contribution >= 0.6 is 11.8 Å². The second-order valence-electron chi connectivity index (χ2n) is 5.93. The number of esters is 1. The first-order chi connectivity index (χ1) is 8.10. The molecule has 0 bridgehead atoms. The van der Waals surface area contributed by atoms with Gasteiger partial charge in [0.15, 0.2) is 0 Å². The van der Waals surface area contributed by atoms with Crippen LogP contribution in [0.2, 0.25) is 0 Å². The second kappa shape index (κ2) is 5.35. The maximum Gasteiger partial charge on any atom is 0.322 e. The lowest BCUT2D eigenvalue weighted by Crippen LogP contribution is -2.36. The molecule has 0 saturated carbocycles. The van der Waals surface area contributed by atoms with E-state index in [1.807, 2.05) is 59.7 Å². The molecule has 0 amide bonds. The molecular formula is C15H22O2S. The van der Waals surface area contributed by atoms with Crippen molar-refractivity contribution in [3.05, 3.63) is 29.8 Å². The Morgan fingerprint density at radius 1 is 1.17 bits per heavy atom. The van der Waals surface area contributed by atoms with Crippen LogP contribution in [0.4, 0.5) is 0 Å². The van der Waals surface area contributed by atoms with Crippen molar-refractivity contribution in [1.82, 2.24) is 0 Å². The van der Waals surface area contributed by atoms with Gasteiger partial charge in [-0.15, -0.1) is 11.8 Å². The van der Waals surface area contributed by atoms with Crippen molar-refractivity contribution in [3.63, 3.8) is 0 Å². The Balaban J connectivity index is 2.78. The first-order valence-electron chi connectivity index (χ1n) is 6.09. The van der Waals surface area contributed by atoms with Crippen molar-refractivity contribution in [3.8, 4) is 0 Å². The van der Waals surface area contributed by atoms with E-state index in [0.29, 0.717) is 0 Å². The minimum absolute atomic E-state index is 0.179. The van der Waals surface area contributed by atoms with E-state index in [0.717, 1.165) is 4.90 Å². The van der Waals surface area contributed by atoms with Crippen molar-refractivity contribution in [2.24, 2.45) is 0 Å². The van der Waals surface area contributed by atoms with Gasteiger partial charge < -0.3 is 4.74 Å². The standard InChI is InChI=1S/C15H22O2S/c1-11-8-7-9-12(10-11)18-15(5,6)13(16)17-14(2,3)4/h7-10H,1-6H3. The molecule has 1 aromatic rings. The largest absolute Gasteiger partial charge is 0.459 e. The summed E-state index contributed by atoms with van der Waals surface area (Å²) in [5, 5.41) is 0. The van der Waals surface area contributed by atoms with Gasteiger partial charge in [-0.05, 0) is 53.7 Å². The number of hydrogen-bond donors (Lipinski definition) is 0. The Bertz CT molecular complexity index is 430. The number of aryl methyl sites for hydroxylation is 1. The summed E-state index contributed by atoms with van der Waals surface area (Å²) >= 11 is 1.53. The Hall–Kier alpha value is -0.960. The summed E-state index contributed by atoms with van der Waals surface area (Å²) in [6, 6.07) is 8.15. The van der Waals surface area contributed by atoms with Crippen LogP contribution in [0.3, 0.4) is 0 Å². The van der Waals surface area contributed by atoms with Crippen LogP contribution in [-0.2, 0) is 9.53 Å². The molecule has 3 heteroatoms. The fraction of sp³-hybridized carbons (Fsp3) is 0.533. The number of carbonyl (C=O) groups excluding carboxylic acids is 1. The van der Waals surface area contributed by atoms with E-state index in [2.05, 4.69) is 6.07 Å². The Morgan fingerprint density at radius 3 is 2.28 bits per heavy atom. The fourth-order valence-electron chi connectivity index (χ4n) is 1.42. The monoisotopic (exact) mass is 266 g/mol. The molecule has 0 heterocycles. The van der Waals surface area contributed by atoms with Gasteiger partial charge >= 0.3 is 5.97 Å². The summed E-state index contributed by atoms with van der Waals surface area (Å²) in [5.41, 5.74) is 0.751. The predicted molar refractivity (Wildman–Crippen MR) is 77.0 cm³/mol. The minimum Gasteiger partial charge on any atom is -0.459 e. The van der Waals surface area contributed by atoms with Gasteiger partial charge in [0.1, 0.15) is 10.3 Å². The Labute approximate surface area is 114 Å². The molecule has 100 valence electrons. The van der Waals surface area contributed by atoms with Crippen LogP contribution in [0.5, 0.6) is 0 Å². The third-order valence-electron chi connectivity index (χ3n) is 2.25. The van der Waals surface area contributed by atoms with Crippen molar-refractivity contribution < 1.29 is 9.53 Å².